The predicted octanol–water partition coefficient (Wildman–Crippen LogP) is 0.951. The van der Waals surface area contributed by atoms with Gasteiger partial charge in [0.25, 0.3) is 0 Å². The van der Waals surface area contributed by atoms with Crippen LogP contribution in [0.3, 0.4) is 0 Å². The number of thioether (sulfide) groups is 1. The van der Waals surface area contributed by atoms with Gasteiger partial charge in [0.2, 0.25) is 0 Å². The Morgan fingerprint density at radius 2 is 2.67 bits per heavy atom. The third-order valence-electron chi connectivity index (χ3n) is 1.38. The Labute approximate surface area is 59.6 Å². The normalized spacial score (nSPS) is 34.2. The summed E-state index contributed by atoms with van der Waals surface area (Å²) < 4.78 is 0. The van der Waals surface area contributed by atoms with Gasteiger partial charge in [-0.05, 0) is 6.42 Å². The van der Waals surface area contributed by atoms with Gasteiger partial charge in [0.1, 0.15) is 6.04 Å². The zero-order chi connectivity index (χ0) is 6.69. The second-order valence-electron chi connectivity index (χ2n) is 2.08. The maximum atomic E-state index is 8.45. The molecule has 1 saturated heterocycles. The summed E-state index contributed by atoms with van der Waals surface area (Å²) in [7, 11) is 0. The average molecular weight is 142 g/mol. The summed E-state index contributed by atoms with van der Waals surface area (Å²) in [6.45, 7) is 2.13. The molecule has 0 spiro atoms. The molecule has 50 valence electrons. The van der Waals surface area contributed by atoms with Crippen LogP contribution in [0.1, 0.15) is 13.3 Å². The van der Waals surface area contributed by atoms with E-state index >= 15 is 0 Å². The maximum absolute atomic E-state index is 8.45. The van der Waals surface area contributed by atoms with Crippen molar-refractivity contribution in [3.8, 4) is 6.07 Å². The van der Waals surface area contributed by atoms with Gasteiger partial charge in [-0.1, -0.05) is 6.92 Å². The van der Waals surface area contributed by atoms with E-state index < -0.39 is 0 Å². The van der Waals surface area contributed by atoms with E-state index in [2.05, 4.69) is 18.3 Å². The van der Waals surface area contributed by atoms with Crippen LogP contribution in [0.25, 0.3) is 0 Å². The topological polar surface area (TPSA) is 35.8 Å². The van der Waals surface area contributed by atoms with Gasteiger partial charge < -0.3 is 0 Å². The highest BCUT2D eigenvalue weighted by Gasteiger charge is 2.21. The molecule has 0 saturated carbocycles. The SMILES string of the molecule is CC[C@H]1NC(C#N)CS1. The van der Waals surface area contributed by atoms with Crippen LogP contribution in [-0.4, -0.2) is 17.2 Å². The van der Waals surface area contributed by atoms with Crippen molar-refractivity contribution in [3.63, 3.8) is 0 Å². The largest absolute Gasteiger partial charge is 0.289 e. The van der Waals surface area contributed by atoms with Crippen molar-refractivity contribution in [2.24, 2.45) is 0 Å². The Bertz CT molecular complexity index is 130. The first-order chi connectivity index (χ1) is 4.36. The molecule has 0 aromatic heterocycles. The van der Waals surface area contributed by atoms with Crippen LogP contribution in [-0.2, 0) is 0 Å². The smallest absolute Gasteiger partial charge is 0.105 e. The first kappa shape index (κ1) is 6.91. The monoisotopic (exact) mass is 142 g/mol. The fourth-order valence-corrected chi connectivity index (χ4v) is 1.93. The summed E-state index contributed by atoms with van der Waals surface area (Å²) >= 11 is 1.84. The Morgan fingerprint density at radius 1 is 1.89 bits per heavy atom. The maximum Gasteiger partial charge on any atom is 0.105 e. The number of hydrogen-bond donors (Lipinski definition) is 1. The summed E-state index contributed by atoms with van der Waals surface area (Å²) in [4.78, 5) is 0. The lowest BCUT2D eigenvalue weighted by atomic mass is 10.3. The molecular formula is C6H10N2S. The third-order valence-corrected chi connectivity index (χ3v) is 2.78. The molecule has 0 aromatic rings. The molecule has 3 heteroatoms. The van der Waals surface area contributed by atoms with Crippen LogP contribution in [0.5, 0.6) is 0 Å². The van der Waals surface area contributed by atoms with Crippen molar-refractivity contribution in [1.82, 2.24) is 5.32 Å². The fraction of sp³-hybridized carbons (Fsp3) is 0.833. The first-order valence-electron chi connectivity index (χ1n) is 3.14. The molecule has 1 N–H and O–H groups in total. The lowest BCUT2D eigenvalue weighted by Gasteiger charge is -2.03. The molecule has 0 radical (unpaired) electrons. The Kier molecular flexibility index (Phi) is 2.38. The summed E-state index contributed by atoms with van der Waals surface area (Å²) in [5, 5.41) is 12.2. The molecule has 2 atom stereocenters. The third kappa shape index (κ3) is 1.60. The van der Waals surface area contributed by atoms with Gasteiger partial charge in [-0.2, -0.15) is 5.26 Å². The van der Waals surface area contributed by atoms with Crippen LogP contribution in [0, 0.1) is 11.3 Å². The lowest BCUT2D eigenvalue weighted by Crippen LogP contribution is -2.27. The standard InChI is InChI=1S/C6H10N2S/c1-2-6-8-5(3-7)4-9-6/h5-6,8H,2,4H2,1H3/t5?,6-/m0/s1. The van der Waals surface area contributed by atoms with Crippen molar-refractivity contribution in [2.45, 2.75) is 24.8 Å². The number of nitrogens with one attached hydrogen (secondary N) is 1. The van der Waals surface area contributed by atoms with Crippen molar-refractivity contribution in [2.75, 3.05) is 5.75 Å². The van der Waals surface area contributed by atoms with Crippen LogP contribution in [0.2, 0.25) is 0 Å². The number of nitrogens with zero attached hydrogens (tertiary/aromatic N) is 1. The zero-order valence-electron chi connectivity index (χ0n) is 5.42. The van der Waals surface area contributed by atoms with Gasteiger partial charge in [-0.15, -0.1) is 11.8 Å². The molecule has 0 aromatic carbocycles. The predicted molar refractivity (Wildman–Crippen MR) is 39.1 cm³/mol. The minimum atomic E-state index is 0.0972. The second kappa shape index (κ2) is 3.09. The first-order valence-corrected chi connectivity index (χ1v) is 4.19. The number of nitriles is 1. The highest BCUT2D eigenvalue weighted by molar-refractivity contribution is 8.00. The quantitative estimate of drug-likeness (QED) is 0.592. The van der Waals surface area contributed by atoms with Gasteiger partial charge in [0, 0.05) is 5.75 Å². The van der Waals surface area contributed by atoms with E-state index in [-0.39, 0.29) is 6.04 Å². The summed E-state index contributed by atoms with van der Waals surface area (Å²) in [5.41, 5.74) is 0. The highest BCUT2D eigenvalue weighted by Crippen LogP contribution is 2.19. The molecule has 1 rings (SSSR count). The van der Waals surface area contributed by atoms with Gasteiger partial charge in [-0.25, -0.2) is 0 Å². The molecule has 1 unspecified atom stereocenters. The van der Waals surface area contributed by atoms with E-state index in [9.17, 15) is 0 Å². The van der Waals surface area contributed by atoms with E-state index in [1.54, 1.807) is 0 Å². The van der Waals surface area contributed by atoms with E-state index in [1.165, 1.54) is 0 Å². The Hall–Kier alpha value is -0.200. The van der Waals surface area contributed by atoms with E-state index in [1.807, 2.05) is 11.8 Å². The van der Waals surface area contributed by atoms with Crippen LogP contribution < -0.4 is 5.32 Å². The minimum absolute atomic E-state index is 0.0972. The molecule has 0 amide bonds. The van der Waals surface area contributed by atoms with Gasteiger partial charge in [0.15, 0.2) is 0 Å². The van der Waals surface area contributed by atoms with Crippen LogP contribution in [0.4, 0.5) is 0 Å². The van der Waals surface area contributed by atoms with Gasteiger partial charge in [-0.3, -0.25) is 5.32 Å². The summed E-state index contributed by atoms with van der Waals surface area (Å²) in [6.07, 6.45) is 1.11. The molecular weight excluding hydrogens is 132 g/mol. The van der Waals surface area contributed by atoms with Crippen molar-refractivity contribution in [1.29, 1.82) is 5.26 Å². The van der Waals surface area contributed by atoms with Crippen molar-refractivity contribution in [3.05, 3.63) is 0 Å². The lowest BCUT2D eigenvalue weighted by molar-refractivity contribution is 0.633. The van der Waals surface area contributed by atoms with Gasteiger partial charge >= 0.3 is 0 Å². The Balaban J connectivity index is 2.31. The molecule has 2 nitrogen and oxygen atoms in total. The van der Waals surface area contributed by atoms with E-state index in [0.29, 0.717) is 5.37 Å². The fourth-order valence-electron chi connectivity index (χ4n) is 0.843. The molecule has 0 bridgehead atoms. The van der Waals surface area contributed by atoms with E-state index in [0.717, 1.165) is 12.2 Å². The molecule has 1 aliphatic heterocycles. The van der Waals surface area contributed by atoms with E-state index in [4.69, 9.17) is 5.26 Å². The van der Waals surface area contributed by atoms with Gasteiger partial charge in [0.05, 0.1) is 11.4 Å². The second-order valence-corrected chi connectivity index (χ2v) is 3.31. The molecule has 9 heavy (non-hydrogen) atoms. The summed E-state index contributed by atoms with van der Waals surface area (Å²) in [5.74, 6) is 0.953. The molecule has 1 fully saturated rings. The van der Waals surface area contributed by atoms with Crippen LogP contribution in [0.15, 0.2) is 0 Å². The molecule has 1 heterocycles. The van der Waals surface area contributed by atoms with Crippen LogP contribution >= 0.6 is 11.8 Å². The molecule has 1 aliphatic rings. The van der Waals surface area contributed by atoms with Crippen molar-refractivity contribution < 1.29 is 0 Å². The minimum Gasteiger partial charge on any atom is -0.289 e. The summed E-state index contributed by atoms with van der Waals surface area (Å²) in [6, 6.07) is 2.29. The number of hydrogen-bond acceptors (Lipinski definition) is 3. The highest BCUT2D eigenvalue weighted by atomic mass is 32.2. The molecule has 0 aliphatic carbocycles. The zero-order valence-corrected chi connectivity index (χ0v) is 6.24. The number of rotatable bonds is 1. The Morgan fingerprint density at radius 3 is 3.00 bits per heavy atom. The average Bonchev–Trinajstić information content (AvgIpc) is 2.34. The van der Waals surface area contributed by atoms with Crippen molar-refractivity contribution >= 4 is 11.8 Å².